The van der Waals surface area contributed by atoms with E-state index in [0.717, 1.165) is 31.5 Å². The van der Waals surface area contributed by atoms with Crippen LogP contribution in [0.2, 0.25) is 0 Å². The number of carbonyl (C=O) groups is 1. The summed E-state index contributed by atoms with van der Waals surface area (Å²) in [5, 5.41) is 4.06. The Morgan fingerprint density at radius 3 is 3.06 bits per heavy atom. The van der Waals surface area contributed by atoms with Crippen molar-refractivity contribution in [2.45, 2.75) is 32.2 Å². The summed E-state index contributed by atoms with van der Waals surface area (Å²) in [6.07, 6.45) is 2.77. The maximum atomic E-state index is 12.1. The summed E-state index contributed by atoms with van der Waals surface area (Å²) in [6, 6.07) is 2.21. The highest BCUT2D eigenvalue weighted by molar-refractivity contribution is 7.07. The third-order valence-electron chi connectivity index (χ3n) is 3.49. The Labute approximate surface area is 119 Å². The fourth-order valence-electron chi connectivity index (χ4n) is 2.35. The van der Waals surface area contributed by atoms with Gasteiger partial charge in [0.05, 0.1) is 6.42 Å². The van der Waals surface area contributed by atoms with Crippen molar-refractivity contribution in [3.63, 3.8) is 0 Å². The maximum Gasteiger partial charge on any atom is 0.227 e. The fourth-order valence-corrected chi connectivity index (χ4v) is 3.01. The van der Waals surface area contributed by atoms with E-state index >= 15 is 0 Å². The molecule has 0 aliphatic carbocycles. The summed E-state index contributed by atoms with van der Waals surface area (Å²) >= 11 is 1.64. The van der Waals surface area contributed by atoms with E-state index in [1.165, 1.54) is 0 Å². The van der Waals surface area contributed by atoms with Gasteiger partial charge in [0.1, 0.15) is 0 Å². The number of thiophene rings is 1. The molecule has 2 heterocycles. The van der Waals surface area contributed by atoms with Gasteiger partial charge < -0.3 is 10.6 Å². The van der Waals surface area contributed by atoms with Crippen LogP contribution in [-0.2, 0) is 11.2 Å². The van der Waals surface area contributed by atoms with Gasteiger partial charge in [0, 0.05) is 19.1 Å². The molecule has 0 radical (unpaired) electrons. The van der Waals surface area contributed by atoms with Gasteiger partial charge in [-0.3, -0.25) is 4.79 Å². The van der Waals surface area contributed by atoms with Crippen molar-refractivity contribution < 1.29 is 4.79 Å². The quantitative estimate of drug-likeness (QED) is 0.928. The van der Waals surface area contributed by atoms with Crippen molar-refractivity contribution in [3.05, 3.63) is 22.4 Å². The molecule has 0 bridgehead atoms. The van der Waals surface area contributed by atoms with Gasteiger partial charge in [-0.1, -0.05) is 0 Å². The van der Waals surface area contributed by atoms with E-state index in [9.17, 15) is 4.79 Å². The van der Waals surface area contributed by atoms with Crippen molar-refractivity contribution in [1.82, 2.24) is 4.90 Å². The van der Waals surface area contributed by atoms with Gasteiger partial charge in [-0.05, 0) is 48.1 Å². The lowest BCUT2D eigenvalue weighted by atomic mass is 9.92. The van der Waals surface area contributed by atoms with E-state index < -0.39 is 0 Å². The first-order valence-electron chi connectivity index (χ1n) is 6.21. The predicted molar refractivity (Wildman–Crippen MR) is 78.2 cm³/mol. The number of rotatable bonds is 3. The molecule has 2 unspecified atom stereocenters. The molecule has 1 aromatic rings. The van der Waals surface area contributed by atoms with Crippen LogP contribution in [0.25, 0.3) is 0 Å². The molecular formula is C13H21ClN2OS. The lowest BCUT2D eigenvalue weighted by molar-refractivity contribution is -0.132. The zero-order valence-corrected chi connectivity index (χ0v) is 12.3. The molecule has 1 aliphatic heterocycles. The van der Waals surface area contributed by atoms with Crippen LogP contribution in [0.4, 0.5) is 0 Å². The maximum absolute atomic E-state index is 12.1. The van der Waals surface area contributed by atoms with Crippen LogP contribution in [0.15, 0.2) is 16.8 Å². The van der Waals surface area contributed by atoms with Crippen LogP contribution < -0.4 is 5.73 Å². The zero-order chi connectivity index (χ0) is 12.3. The molecule has 2 rings (SSSR count). The second-order valence-corrected chi connectivity index (χ2v) is 5.69. The number of piperidine rings is 1. The van der Waals surface area contributed by atoms with Crippen LogP contribution in [0.3, 0.4) is 0 Å². The Bertz CT molecular complexity index is 367. The first-order chi connectivity index (χ1) is 8.16. The molecule has 2 atom stereocenters. The number of halogens is 1. The van der Waals surface area contributed by atoms with Gasteiger partial charge >= 0.3 is 0 Å². The number of amides is 1. The Balaban J connectivity index is 0.00000162. The average Bonchev–Trinajstić information content (AvgIpc) is 2.82. The van der Waals surface area contributed by atoms with Crippen molar-refractivity contribution in [1.29, 1.82) is 0 Å². The number of nitrogens with two attached hydrogens (primary N) is 1. The molecule has 1 fully saturated rings. The summed E-state index contributed by atoms with van der Waals surface area (Å²) in [4.78, 5) is 14.1. The fraction of sp³-hybridized carbons (Fsp3) is 0.615. The molecule has 5 heteroatoms. The lowest BCUT2D eigenvalue weighted by Gasteiger charge is -2.34. The molecule has 1 saturated heterocycles. The summed E-state index contributed by atoms with van der Waals surface area (Å²) < 4.78 is 0. The molecule has 18 heavy (non-hydrogen) atoms. The van der Waals surface area contributed by atoms with Gasteiger partial charge in [-0.15, -0.1) is 12.4 Å². The van der Waals surface area contributed by atoms with Crippen molar-refractivity contribution >= 4 is 29.7 Å². The SMILES string of the molecule is CC(N)C1CCCN(C(=O)Cc2ccsc2)C1.Cl. The van der Waals surface area contributed by atoms with Crippen LogP contribution in [-0.4, -0.2) is 29.9 Å². The van der Waals surface area contributed by atoms with Crippen LogP contribution >= 0.6 is 23.7 Å². The lowest BCUT2D eigenvalue weighted by Crippen LogP contribution is -2.45. The van der Waals surface area contributed by atoms with Crippen molar-refractivity contribution in [2.24, 2.45) is 11.7 Å². The van der Waals surface area contributed by atoms with E-state index in [2.05, 4.69) is 0 Å². The Morgan fingerprint density at radius 1 is 1.67 bits per heavy atom. The highest BCUT2D eigenvalue weighted by atomic mass is 35.5. The molecule has 2 N–H and O–H groups in total. The third kappa shape index (κ3) is 3.97. The summed E-state index contributed by atoms with van der Waals surface area (Å²) in [5.74, 6) is 0.712. The monoisotopic (exact) mass is 288 g/mol. The highest BCUT2D eigenvalue weighted by Gasteiger charge is 2.25. The predicted octanol–water partition coefficient (Wildman–Crippen LogP) is 2.30. The molecule has 1 aliphatic rings. The van der Waals surface area contributed by atoms with E-state index in [1.807, 2.05) is 28.7 Å². The van der Waals surface area contributed by atoms with E-state index in [0.29, 0.717) is 12.3 Å². The number of hydrogen-bond acceptors (Lipinski definition) is 3. The second-order valence-electron chi connectivity index (χ2n) is 4.91. The van der Waals surface area contributed by atoms with Gasteiger partial charge in [-0.25, -0.2) is 0 Å². The molecule has 0 aromatic carbocycles. The first kappa shape index (κ1) is 15.5. The molecule has 102 valence electrons. The number of carbonyl (C=O) groups excluding carboxylic acids is 1. The largest absolute Gasteiger partial charge is 0.342 e. The summed E-state index contributed by atoms with van der Waals surface area (Å²) in [5.41, 5.74) is 7.06. The Hall–Kier alpha value is -0.580. The standard InChI is InChI=1S/C13H20N2OS.ClH/c1-10(14)12-3-2-5-15(8-12)13(16)7-11-4-6-17-9-11;/h4,6,9-10,12H,2-3,5,7-8,14H2,1H3;1H. The molecular weight excluding hydrogens is 268 g/mol. The minimum Gasteiger partial charge on any atom is -0.342 e. The third-order valence-corrected chi connectivity index (χ3v) is 4.22. The Kier molecular flexibility index (Phi) is 6.12. The van der Waals surface area contributed by atoms with Gasteiger partial charge in [0.15, 0.2) is 0 Å². The van der Waals surface area contributed by atoms with Crippen molar-refractivity contribution in [2.75, 3.05) is 13.1 Å². The summed E-state index contributed by atoms with van der Waals surface area (Å²) in [6.45, 7) is 3.77. The average molecular weight is 289 g/mol. The Morgan fingerprint density at radius 2 is 2.44 bits per heavy atom. The van der Waals surface area contributed by atoms with Gasteiger partial charge in [0.25, 0.3) is 0 Å². The minimum absolute atomic E-state index is 0. The number of hydrogen-bond donors (Lipinski definition) is 1. The zero-order valence-electron chi connectivity index (χ0n) is 10.7. The molecule has 1 aromatic heterocycles. The normalized spacial score (nSPS) is 21.2. The molecule has 0 saturated carbocycles. The van der Waals surface area contributed by atoms with Gasteiger partial charge in [0.2, 0.25) is 5.91 Å². The van der Waals surface area contributed by atoms with Crippen LogP contribution in [0, 0.1) is 5.92 Å². The molecule has 1 amide bonds. The number of nitrogens with zero attached hydrogens (tertiary/aromatic N) is 1. The topological polar surface area (TPSA) is 46.3 Å². The van der Waals surface area contributed by atoms with Crippen LogP contribution in [0.1, 0.15) is 25.3 Å². The smallest absolute Gasteiger partial charge is 0.227 e. The molecule has 0 spiro atoms. The summed E-state index contributed by atoms with van der Waals surface area (Å²) in [7, 11) is 0. The van der Waals surface area contributed by atoms with Crippen molar-refractivity contribution in [3.8, 4) is 0 Å². The molecule has 3 nitrogen and oxygen atoms in total. The van der Waals surface area contributed by atoms with E-state index in [4.69, 9.17) is 5.73 Å². The first-order valence-corrected chi connectivity index (χ1v) is 7.15. The highest BCUT2D eigenvalue weighted by Crippen LogP contribution is 2.19. The number of likely N-dealkylation sites (tertiary alicyclic amines) is 1. The van der Waals surface area contributed by atoms with E-state index in [1.54, 1.807) is 11.3 Å². The van der Waals surface area contributed by atoms with E-state index in [-0.39, 0.29) is 24.4 Å². The van der Waals surface area contributed by atoms with Crippen LogP contribution in [0.5, 0.6) is 0 Å². The second kappa shape index (κ2) is 7.12. The minimum atomic E-state index is 0. The van der Waals surface area contributed by atoms with Gasteiger partial charge in [-0.2, -0.15) is 11.3 Å².